The van der Waals surface area contributed by atoms with E-state index in [9.17, 15) is 23.1 Å². The Morgan fingerprint density at radius 1 is 1.25 bits per heavy atom. The molecule has 0 atom stereocenters. The van der Waals surface area contributed by atoms with Gasteiger partial charge in [-0.05, 0) is 12.3 Å². The molecule has 3 nitrogen and oxygen atoms in total. The summed E-state index contributed by atoms with van der Waals surface area (Å²) >= 11 is 0.966. The lowest BCUT2D eigenvalue weighted by molar-refractivity contribution is -0.0886. The number of carbonyl (C=O) groups is 1. The lowest BCUT2D eigenvalue weighted by Gasteiger charge is -2.09. The second-order valence-corrected chi connectivity index (χ2v) is 3.72. The number of Topliss-reactive ketones (excluding diaryl/α,β-unsaturated/α-hetero) is 1. The first kappa shape index (κ1) is 12.7. The summed E-state index contributed by atoms with van der Waals surface area (Å²) in [6.45, 7) is 0. The van der Waals surface area contributed by atoms with Crippen molar-refractivity contribution in [2.75, 3.05) is 6.26 Å². The number of halogens is 3. The fourth-order valence-electron chi connectivity index (χ4n) is 1.06. The molecular formula is C9H7F3O3S. The second-order valence-electron chi connectivity index (χ2n) is 2.87. The van der Waals surface area contributed by atoms with Gasteiger partial charge in [-0.15, -0.1) is 11.8 Å². The minimum atomic E-state index is -5.05. The Morgan fingerprint density at radius 2 is 1.81 bits per heavy atom. The fraction of sp³-hybridized carbons (Fsp3) is 0.222. The lowest BCUT2D eigenvalue weighted by atomic mass is 10.1. The molecule has 0 bridgehead atoms. The van der Waals surface area contributed by atoms with Crippen LogP contribution < -0.4 is 0 Å². The minimum absolute atomic E-state index is 0.0883. The molecule has 2 N–H and O–H groups in total. The summed E-state index contributed by atoms with van der Waals surface area (Å²) in [4.78, 5) is 11.0. The van der Waals surface area contributed by atoms with E-state index in [4.69, 9.17) is 5.11 Å². The number of rotatable bonds is 2. The molecule has 16 heavy (non-hydrogen) atoms. The molecular weight excluding hydrogens is 245 g/mol. The summed E-state index contributed by atoms with van der Waals surface area (Å²) in [6, 6.07) is 1.52. The Morgan fingerprint density at radius 3 is 2.25 bits per heavy atom. The molecule has 0 aliphatic carbocycles. The Balaban J connectivity index is 3.30. The number of phenolic OH excluding ortho intramolecular Hbond substituents is 2. The molecule has 0 amide bonds. The van der Waals surface area contributed by atoms with Gasteiger partial charge < -0.3 is 10.2 Å². The van der Waals surface area contributed by atoms with Crippen LogP contribution in [0.1, 0.15) is 10.4 Å². The van der Waals surface area contributed by atoms with E-state index >= 15 is 0 Å². The number of aromatic hydroxyl groups is 2. The van der Waals surface area contributed by atoms with Crippen LogP contribution in [0.2, 0.25) is 0 Å². The maximum absolute atomic E-state index is 12.1. The Bertz CT molecular complexity index is 429. The first-order valence-electron chi connectivity index (χ1n) is 3.99. The summed E-state index contributed by atoms with van der Waals surface area (Å²) in [5.74, 6) is -3.40. The van der Waals surface area contributed by atoms with Crippen LogP contribution in [0, 0.1) is 0 Å². The van der Waals surface area contributed by atoms with Gasteiger partial charge in [-0.1, -0.05) is 0 Å². The molecule has 0 spiro atoms. The highest BCUT2D eigenvalue weighted by molar-refractivity contribution is 7.98. The zero-order chi connectivity index (χ0) is 12.5. The summed E-state index contributed by atoms with van der Waals surface area (Å²) in [7, 11) is 0. The van der Waals surface area contributed by atoms with Gasteiger partial charge in [0.25, 0.3) is 5.78 Å². The van der Waals surface area contributed by atoms with Crippen LogP contribution in [-0.4, -0.2) is 28.4 Å². The molecule has 0 radical (unpaired) electrons. The van der Waals surface area contributed by atoms with Gasteiger partial charge >= 0.3 is 6.18 Å². The van der Waals surface area contributed by atoms with Gasteiger partial charge in [0, 0.05) is 11.0 Å². The molecule has 0 aliphatic heterocycles. The van der Waals surface area contributed by atoms with Gasteiger partial charge in [0.2, 0.25) is 0 Å². The number of hydrogen-bond acceptors (Lipinski definition) is 4. The standard InChI is InChI=1S/C9H7F3O3S/c1-16-7-2-4(5(13)3-6(7)14)8(15)9(10,11)12/h2-3,13-14H,1H3. The van der Waals surface area contributed by atoms with E-state index in [2.05, 4.69) is 0 Å². The van der Waals surface area contributed by atoms with Crippen LogP contribution in [0.25, 0.3) is 0 Å². The lowest BCUT2D eigenvalue weighted by Crippen LogP contribution is -2.22. The molecule has 1 rings (SSSR count). The van der Waals surface area contributed by atoms with Crippen molar-refractivity contribution in [3.8, 4) is 11.5 Å². The van der Waals surface area contributed by atoms with Gasteiger partial charge in [-0.3, -0.25) is 4.79 Å². The van der Waals surface area contributed by atoms with Crippen molar-refractivity contribution in [1.29, 1.82) is 0 Å². The monoisotopic (exact) mass is 252 g/mol. The van der Waals surface area contributed by atoms with Crippen LogP contribution in [-0.2, 0) is 0 Å². The molecule has 1 aromatic rings. The van der Waals surface area contributed by atoms with Crippen molar-refractivity contribution in [1.82, 2.24) is 0 Å². The maximum atomic E-state index is 12.1. The van der Waals surface area contributed by atoms with E-state index in [1.165, 1.54) is 6.26 Å². The summed E-state index contributed by atoms with van der Waals surface area (Å²) < 4.78 is 36.4. The number of carbonyl (C=O) groups excluding carboxylic acids is 1. The maximum Gasteiger partial charge on any atom is 0.455 e. The third-order valence-electron chi connectivity index (χ3n) is 1.80. The highest BCUT2D eigenvalue weighted by Gasteiger charge is 2.41. The summed E-state index contributed by atoms with van der Waals surface area (Å²) in [5.41, 5.74) is -0.866. The second kappa shape index (κ2) is 4.25. The first-order valence-corrected chi connectivity index (χ1v) is 5.21. The van der Waals surface area contributed by atoms with E-state index in [-0.39, 0.29) is 10.6 Å². The van der Waals surface area contributed by atoms with Crippen LogP contribution >= 0.6 is 11.8 Å². The number of hydrogen-bond donors (Lipinski definition) is 2. The topological polar surface area (TPSA) is 57.5 Å². The van der Waals surface area contributed by atoms with Crippen LogP contribution in [0.3, 0.4) is 0 Å². The Labute approximate surface area is 92.9 Å². The van der Waals surface area contributed by atoms with Crippen molar-refractivity contribution >= 4 is 17.5 Å². The highest BCUT2D eigenvalue weighted by Crippen LogP contribution is 2.35. The average Bonchev–Trinajstić information content (AvgIpc) is 2.15. The van der Waals surface area contributed by atoms with Gasteiger partial charge in [-0.25, -0.2) is 0 Å². The highest BCUT2D eigenvalue weighted by atomic mass is 32.2. The van der Waals surface area contributed by atoms with Crippen molar-refractivity contribution in [3.63, 3.8) is 0 Å². The largest absolute Gasteiger partial charge is 0.507 e. The van der Waals surface area contributed by atoms with Gasteiger partial charge in [-0.2, -0.15) is 13.2 Å². The Hall–Kier alpha value is -1.37. The van der Waals surface area contributed by atoms with Gasteiger partial charge in [0.05, 0.1) is 5.56 Å². The molecule has 7 heteroatoms. The van der Waals surface area contributed by atoms with E-state index in [0.29, 0.717) is 6.07 Å². The van der Waals surface area contributed by atoms with E-state index < -0.39 is 23.3 Å². The third-order valence-corrected chi connectivity index (χ3v) is 2.57. The van der Waals surface area contributed by atoms with Gasteiger partial charge in [0.15, 0.2) is 0 Å². The van der Waals surface area contributed by atoms with Crippen molar-refractivity contribution in [2.24, 2.45) is 0 Å². The molecule has 0 fully saturated rings. The predicted octanol–water partition coefficient (Wildman–Crippen LogP) is 2.56. The zero-order valence-corrected chi connectivity index (χ0v) is 8.82. The van der Waals surface area contributed by atoms with Gasteiger partial charge in [0.1, 0.15) is 11.5 Å². The van der Waals surface area contributed by atoms with E-state index in [0.717, 1.165) is 17.8 Å². The Kier molecular flexibility index (Phi) is 3.37. The molecule has 1 aromatic carbocycles. The van der Waals surface area contributed by atoms with E-state index in [1.807, 2.05) is 0 Å². The van der Waals surface area contributed by atoms with E-state index in [1.54, 1.807) is 0 Å². The van der Waals surface area contributed by atoms with Crippen molar-refractivity contribution < 1.29 is 28.2 Å². The van der Waals surface area contributed by atoms with Crippen LogP contribution in [0.5, 0.6) is 11.5 Å². The predicted molar refractivity (Wildman–Crippen MR) is 51.9 cm³/mol. The van der Waals surface area contributed by atoms with Crippen LogP contribution in [0.15, 0.2) is 17.0 Å². The molecule has 0 unspecified atom stereocenters. The minimum Gasteiger partial charge on any atom is -0.507 e. The normalized spacial score (nSPS) is 11.5. The number of phenols is 2. The smallest absolute Gasteiger partial charge is 0.455 e. The number of ketones is 1. The number of thioether (sulfide) groups is 1. The summed E-state index contributed by atoms with van der Waals surface area (Å²) in [6.07, 6.45) is -3.53. The molecule has 0 aliphatic rings. The SMILES string of the molecule is CSc1cc(C(=O)C(F)(F)F)c(O)cc1O. The molecule has 88 valence electrons. The molecule has 0 saturated heterocycles. The fourth-order valence-corrected chi connectivity index (χ4v) is 1.56. The summed E-state index contributed by atoms with van der Waals surface area (Å²) in [5, 5.41) is 18.4. The number of benzene rings is 1. The first-order chi connectivity index (χ1) is 7.27. The van der Waals surface area contributed by atoms with Crippen molar-refractivity contribution in [3.05, 3.63) is 17.7 Å². The zero-order valence-electron chi connectivity index (χ0n) is 8.00. The van der Waals surface area contributed by atoms with Crippen molar-refractivity contribution in [2.45, 2.75) is 11.1 Å². The molecule has 0 saturated carbocycles. The third kappa shape index (κ3) is 2.41. The van der Waals surface area contributed by atoms with Crippen LogP contribution in [0.4, 0.5) is 13.2 Å². The molecule has 0 aromatic heterocycles. The number of alkyl halides is 3. The quantitative estimate of drug-likeness (QED) is 0.627. The molecule has 0 heterocycles. The average molecular weight is 252 g/mol.